The highest BCUT2D eigenvalue weighted by molar-refractivity contribution is 5.84. The Morgan fingerprint density at radius 1 is 1.31 bits per heavy atom. The van der Waals surface area contributed by atoms with Crippen LogP contribution in [-0.4, -0.2) is 28.1 Å². The summed E-state index contributed by atoms with van der Waals surface area (Å²) in [6, 6.07) is 0. The molecule has 1 rings (SSSR count). The lowest BCUT2D eigenvalue weighted by Gasteiger charge is -2.20. The predicted octanol–water partition coefficient (Wildman–Crippen LogP) is 4.22. The standard InChI is InChI=1S/C22H34O4/c1-4-5-10-16(2)20(23)14-13-18-17(3)15-21(24)19(18)11-8-6-7-9-12-22(25)26/h13-14,16-20,23H,6-12,15H2,1-3H3,(H,25,26)/t16?,17-,18+,19-,20-/m1/s1. The van der Waals surface area contributed by atoms with Crippen molar-refractivity contribution in [2.45, 2.75) is 78.2 Å². The van der Waals surface area contributed by atoms with Crippen LogP contribution in [0.2, 0.25) is 0 Å². The lowest BCUT2D eigenvalue weighted by atomic mass is 9.85. The first-order valence-corrected chi connectivity index (χ1v) is 9.87. The highest BCUT2D eigenvalue weighted by Gasteiger charge is 2.37. The summed E-state index contributed by atoms with van der Waals surface area (Å²) < 4.78 is 0. The summed E-state index contributed by atoms with van der Waals surface area (Å²) in [7, 11) is 0. The molecule has 0 saturated heterocycles. The van der Waals surface area contributed by atoms with Crippen molar-refractivity contribution in [3.63, 3.8) is 0 Å². The average molecular weight is 363 g/mol. The second-order valence-corrected chi connectivity index (χ2v) is 7.66. The second-order valence-electron chi connectivity index (χ2n) is 7.66. The van der Waals surface area contributed by atoms with E-state index in [0.717, 1.165) is 25.7 Å². The summed E-state index contributed by atoms with van der Waals surface area (Å²) in [6.07, 6.45) is 9.27. The number of carbonyl (C=O) groups is 2. The number of carboxylic acids is 1. The van der Waals surface area contributed by atoms with Gasteiger partial charge in [-0.25, -0.2) is 0 Å². The van der Waals surface area contributed by atoms with Gasteiger partial charge in [0.1, 0.15) is 5.78 Å². The van der Waals surface area contributed by atoms with Crippen LogP contribution in [0.5, 0.6) is 0 Å². The summed E-state index contributed by atoms with van der Waals surface area (Å²) >= 11 is 0. The number of rotatable bonds is 11. The predicted molar refractivity (Wildman–Crippen MR) is 103 cm³/mol. The summed E-state index contributed by atoms with van der Waals surface area (Å²) in [5.41, 5.74) is 0. The van der Waals surface area contributed by atoms with Crippen LogP contribution in [0.15, 0.2) is 12.2 Å². The van der Waals surface area contributed by atoms with Gasteiger partial charge in [0, 0.05) is 25.2 Å². The van der Waals surface area contributed by atoms with Crippen LogP contribution in [0.4, 0.5) is 0 Å². The van der Waals surface area contributed by atoms with Gasteiger partial charge in [-0.3, -0.25) is 9.59 Å². The maximum atomic E-state index is 12.3. The Labute approximate surface area is 158 Å². The quantitative estimate of drug-likeness (QED) is 0.328. The summed E-state index contributed by atoms with van der Waals surface area (Å²) in [5.74, 6) is 6.07. The van der Waals surface area contributed by atoms with E-state index in [1.807, 2.05) is 19.1 Å². The first-order valence-electron chi connectivity index (χ1n) is 9.87. The third-order valence-electron chi connectivity index (χ3n) is 5.43. The Morgan fingerprint density at radius 3 is 2.65 bits per heavy atom. The highest BCUT2D eigenvalue weighted by Crippen LogP contribution is 2.38. The molecule has 0 aromatic carbocycles. The van der Waals surface area contributed by atoms with E-state index in [-0.39, 0.29) is 24.2 Å². The number of hydrogen-bond acceptors (Lipinski definition) is 3. The molecule has 0 bridgehead atoms. The van der Waals surface area contributed by atoms with E-state index in [9.17, 15) is 14.7 Å². The zero-order valence-electron chi connectivity index (χ0n) is 16.4. The molecule has 0 aliphatic heterocycles. The zero-order valence-corrected chi connectivity index (χ0v) is 16.4. The van der Waals surface area contributed by atoms with Gasteiger partial charge in [0.15, 0.2) is 0 Å². The third kappa shape index (κ3) is 7.74. The van der Waals surface area contributed by atoms with Crippen molar-refractivity contribution >= 4 is 11.8 Å². The number of aliphatic hydroxyl groups is 1. The normalized spacial score (nSPS) is 25.1. The van der Waals surface area contributed by atoms with Gasteiger partial charge < -0.3 is 10.2 Å². The molecule has 4 nitrogen and oxygen atoms in total. The van der Waals surface area contributed by atoms with Crippen LogP contribution in [0, 0.1) is 35.5 Å². The number of allylic oxidation sites excluding steroid dienone is 1. The minimum Gasteiger partial charge on any atom is -0.481 e. The van der Waals surface area contributed by atoms with Gasteiger partial charge >= 0.3 is 5.97 Å². The molecule has 4 heteroatoms. The summed E-state index contributed by atoms with van der Waals surface area (Å²) in [6.45, 7) is 5.89. The lowest BCUT2D eigenvalue weighted by Crippen LogP contribution is -2.18. The first kappa shape index (κ1) is 22.4. The van der Waals surface area contributed by atoms with E-state index in [4.69, 9.17) is 5.11 Å². The topological polar surface area (TPSA) is 74.6 Å². The smallest absolute Gasteiger partial charge is 0.303 e. The molecule has 26 heavy (non-hydrogen) atoms. The molecule has 0 spiro atoms. The molecule has 0 aromatic heterocycles. The number of carbonyl (C=O) groups excluding carboxylic acids is 1. The minimum atomic E-state index is -0.743. The number of unbranched alkanes of at least 4 members (excludes halogenated alkanes) is 3. The molecule has 1 unspecified atom stereocenters. The van der Waals surface area contributed by atoms with Crippen molar-refractivity contribution in [3.05, 3.63) is 12.2 Å². The number of aliphatic hydroxyl groups excluding tert-OH is 1. The Morgan fingerprint density at radius 2 is 2.00 bits per heavy atom. The minimum absolute atomic E-state index is 0.0404. The molecule has 1 aliphatic carbocycles. The molecule has 0 amide bonds. The number of carboxylic acid groups (broad SMARTS) is 1. The van der Waals surface area contributed by atoms with Crippen molar-refractivity contribution in [1.29, 1.82) is 0 Å². The van der Waals surface area contributed by atoms with E-state index >= 15 is 0 Å². The fraction of sp³-hybridized carbons (Fsp3) is 0.727. The molecule has 146 valence electrons. The summed E-state index contributed by atoms with van der Waals surface area (Å²) in [5, 5.41) is 18.9. The van der Waals surface area contributed by atoms with Crippen LogP contribution in [0.3, 0.4) is 0 Å². The molecule has 0 aromatic rings. The fourth-order valence-corrected chi connectivity index (χ4v) is 3.70. The van der Waals surface area contributed by atoms with Gasteiger partial charge in [-0.05, 0) is 37.5 Å². The number of Topliss-reactive ketones (excluding diaryl/α,β-unsaturated/α-hetero) is 1. The van der Waals surface area contributed by atoms with E-state index in [0.29, 0.717) is 31.0 Å². The maximum absolute atomic E-state index is 12.3. The van der Waals surface area contributed by atoms with Crippen LogP contribution in [0.25, 0.3) is 0 Å². The van der Waals surface area contributed by atoms with Gasteiger partial charge in [-0.1, -0.05) is 45.3 Å². The Kier molecular flexibility index (Phi) is 10.3. The van der Waals surface area contributed by atoms with Crippen LogP contribution in [-0.2, 0) is 9.59 Å². The van der Waals surface area contributed by atoms with E-state index in [1.54, 1.807) is 6.92 Å². The van der Waals surface area contributed by atoms with Gasteiger partial charge in [0.05, 0.1) is 6.10 Å². The molecular weight excluding hydrogens is 328 g/mol. The van der Waals surface area contributed by atoms with Crippen molar-refractivity contribution in [3.8, 4) is 11.8 Å². The van der Waals surface area contributed by atoms with Gasteiger partial charge in [-0.15, -0.1) is 11.8 Å². The number of hydrogen-bond donors (Lipinski definition) is 2. The molecule has 1 fully saturated rings. The molecule has 0 heterocycles. The Balaban J connectivity index is 2.50. The highest BCUT2D eigenvalue weighted by atomic mass is 16.4. The van der Waals surface area contributed by atoms with Gasteiger partial charge in [-0.2, -0.15) is 0 Å². The average Bonchev–Trinajstić information content (AvgIpc) is 2.86. The van der Waals surface area contributed by atoms with Gasteiger partial charge in [0.2, 0.25) is 0 Å². The molecule has 5 atom stereocenters. The van der Waals surface area contributed by atoms with Crippen molar-refractivity contribution in [2.75, 3.05) is 0 Å². The van der Waals surface area contributed by atoms with E-state index in [2.05, 4.69) is 18.8 Å². The Bertz CT molecular complexity index is 540. The number of ketones is 1. The van der Waals surface area contributed by atoms with E-state index < -0.39 is 12.1 Å². The Hall–Kier alpha value is -1.60. The SMILES string of the molecule is CC#CCC(C)[C@H](O)C=C[C@H]1[C@H](C)CC(=O)[C@@H]1CCCCCCC(=O)O. The first-order chi connectivity index (χ1) is 12.4. The molecule has 1 saturated carbocycles. The zero-order chi connectivity index (χ0) is 19.5. The maximum Gasteiger partial charge on any atom is 0.303 e. The van der Waals surface area contributed by atoms with Crippen molar-refractivity contribution in [2.24, 2.45) is 23.7 Å². The largest absolute Gasteiger partial charge is 0.481 e. The molecular formula is C22H34O4. The monoisotopic (exact) mass is 362 g/mol. The second kappa shape index (κ2) is 11.9. The van der Waals surface area contributed by atoms with Crippen molar-refractivity contribution in [1.82, 2.24) is 0 Å². The molecule has 1 aliphatic rings. The summed E-state index contributed by atoms with van der Waals surface area (Å²) in [4.78, 5) is 22.8. The molecule has 0 radical (unpaired) electrons. The fourth-order valence-electron chi connectivity index (χ4n) is 3.70. The number of aliphatic carboxylic acids is 1. The van der Waals surface area contributed by atoms with Crippen LogP contribution < -0.4 is 0 Å². The van der Waals surface area contributed by atoms with E-state index in [1.165, 1.54) is 0 Å². The molecule has 2 N–H and O–H groups in total. The lowest BCUT2D eigenvalue weighted by molar-refractivity contribution is -0.137. The van der Waals surface area contributed by atoms with Crippen molar-refractivity contribution < 1.29 is 19.8 Å². The van der Waals surface area contributed by atoms with Gasteiger partial charge in [0.25, 0.3) is 0 Å². The third-order valence-corrected chi connectivity index (χ3v) is 5.43. The van der Waals surface area contributed by atoms with Crippen LogP contribution in [0.1, 0.15) is 72.1 Å². The van der Waals surface area contributed by atoms with Crippen LogP contribution >= 0.6 is 0 Å².